The van der Waals surface area contributed by atoms with E-state index in [-0.39, 0.29) is 5.54 Å². The van der Waals surface area contributed by atoms with E-state index < -0.39 is 0 Å². The van der Waals surface area contributed by atoms with Gasteiger partial charge in [0.1, 0.15) is 5.03 Å². The summed E-state index contributed by atoms with van der Waals surface area (Å²) in [6.07, 6.45) is 1.85. The lowest BCUT2D eigenvalue weighted by Crippen LogP contribution is -2.35. The van der Waals surface area contributed by atoms with Crippen LogP contribution in [0.5, 0.6) is 0 Å². The molecule has 0 unspecified atom stereocenters. The number of nitrogens with zero attached hydrogens (tertiary/aromatic N) is 1. The third kappa shape index (κ3) is 4.93. The van der Waals surface area contributed by atoms with Gasteiger partial charge < -0.3 is 5.32 Å². The van der Waals surface area contributed by atoms with Crippen molar-refractivity contribution in [1.82, 2.24) is 10.3 Å². The van der Waals surface area contributed by atoms with Gasteiger partial charge in [-0.05, 0) is 56.7 Å². The Morgan fingerprint density at radius 3 is 2.50 bits per heavy atom. The summed E-state index contributed by atoms with van der Waals surface area (Å²) in [5, 5.41) is 4.57. The third-order valence-corrected chi connectivity index (χ3v) is 4.28. The van der Waals surface area contributed by atoms with Gasteiger partial charge in [-0.3, -0.25) is 0 Å². The fraction of sp³-hybridized carbons (Fsp3) is 0.312. The first-order valence-corrected chi connectivity index (χ1v) is 8.17. The van der Waals surface area contributed by atoms with E-state index in [9.17, 15) is 0 Å². The molecule has 0 spiro atoms. The summed E-state index contributed by atoms with van der Waals surface area (Å²) in [7, 11) is 0. The molecule has 2 rings (SSSR count). The summed E-state index contributed by atoms with van der Waals surface area (Å²) in [6.45, 7) is 7.34. The van der Waals surface area contributed by atoms with Crippen molar-refractivity contribution >= 4 is 27.7 Å². The normalized spacial score (nSPS) is 11.6. The highest BCUT2D eigenvalue weighted by molar-refractivity contribution is 9.10. The van der Waals surface area contributed by atoms with Crippen LogP contribution in [0.15, 0.2) is 57.0 Å². The standard InChI is InChI=1S/C16H19BrN2S/c1-16(2,3)19-11-12-5-4-10-18-15(12)20-14-8-6-13(17)7-9-14/h4-10,19H,11H2,1-3H3. The van der Waals surface area contributed by atoms with Gasteiger partial charge in [0.2, 0.25) is 0 Å². The van der Waals surface area contributed by atoms with Crippen molar-refractivity contribution in [2.24, 2.45) is 0 Å². The molecule has 0 saturated carbocycles. The summed E-state index contributed by atoms with van der Waals surface area (Å²) in [6, 6.07) is 12.4. The van der Waals surface area contributed by atoms with Gasteiger partial charge in [0.05, 0.1) is 0 Å². The number of halogens is 1. The Kier molecular flexibility index (Phi) is 5.24. The van der Waals surface area contributed by atoms with Crippen molar-refractivity contribution in [3.05, 3.63) is 52.6 Å². The zero-order valence-electron chi connectivity index (χ0n) is 12.0. The minimum atomic E-state index is 0.107. The van der Waals surface area contributed by atoms with Crippen molar-refractivity contribution in [2.45, 2.75) is 42.8 Å². The molecule has 0 aliphatic carbocycles. The van der Waals surface area contributed by atoms with Crippen LogP contribution in [0.4, 0.5) is 0 Å². The van der Waals surface area contributed by atoms with Crippen LogP contribution in [0.2, 0.25) is 0 Å². The van der Waals surface area contributed by atoms with Crippen LogP contribution in [-0.2, 0) is 6.54 Å². The van der Waals surface area contributed by atoms with E-state index in [2.05, 4.69) is 77.3 Å². The van der Waals surface area contributed by atoms with Crippen molar-refractivity contribution in [3.8, 4) is 0 Å². The highest BCUT2D eigenvalue weighted by Crippen LogP contribution is 2.29. The van der Waals surface area contributed by atoms with E-state index in [0.717, 1.165) is 16.0 Å². The van der Waals surface area contributed by atoms with Gasteiger partial charge in [-0.25, -0.2) is 4.98 Å². The monoisotopic (exact) mass is 350 g/mol. The fourth-order valence-electron chi connectivity index (χ4n) is 1.63. The molecule has 0 saturated heterocycles. The summed E-state index contributed by atoms with van der Waals surface area (Å²) in [5.41, 5.74) is 1.34. The molecular formula is C16H19BrN2S. The smallest absolute Gasteiger partial charge is 0.105 e. The average molecular weight is 351 g/mol. The van der Waals surface area contributed by atoms with Crippen LogP contribution < -0.4 is 5.32 Å². The van der Waals surface area contributed by atoms with E-state index in [1.807, 2.05) is 12.3 Å². The minimum absolute atomic E-state index is 0.107. The lowest BCUT2D eigenvalue weighted by atomic mass is 10.1. The highest BCUT2D eigenvalue weighted by Gasteiger charge is 2.11. The van der Waals surface area contributed by atoms with Gasteiger partial charge in [-0.15, -0.1) is 0 Å². The first-order chi connectivity index (χ1) is 9.44. The molecule has 20 heavy (non-hydrogen) atoms. The van der Waals surface area contributed by atoms with E-state index >= 15 is 0 Å². The Hall–Kier alpha value is -0.840. The van der Waals surface area contributed by atoms with Gasteiger partial charge in [0.25, 0.3) is 0 Å². The maximum Gasteiger partial charge on any atom is 0.105 e. The van der Waals surface area contributed by atoms with Crippen molar-refractivity contribution in [3.63, 3.8) is 0 Å². The second kappa shape index (κ2) is 6.74. The summed E-state index contributed by atoms with van der Waals surface area (Å²) in [5.74, 6) is 0. The molecule has 0 fully saturated rings. The molecule has 1 aromatic carbocycles. The van der Waals surface area contributed by atoms with Gasteiger partial charge in [0.15, 0.2) is 0 Å². The SMILES string of the molecule is CC(C)(C)NCc1cccnc1Sc1ccc(Br)cc1. The zero-order valence-corrected chi connectivity index (χ0v) is 14.4. The van der Waals surface area contributed by atoms with Crippen LogP contribution >= 0.6 is 27.7 Å². The van der Waals surface area contributed by atoms with Gasteiger partial charge in [-0.1, -0.05) is 33.8 Å². The number of benzene rings is 1. The molecule has 2 nitrogen and oxygen atoms in total. The predicted octanol–water partition coefficient (Wildman–Crippen LogP) is 4.88. The maximum atomic E-state index is 4.51. The third-order valence-electron chi connectivity index (χ3n) is 2.69. The maximum absolute atomic E-state index is 4.51. The van der Waals surface area contributed by atoms with E-state index in [0.29, 0.717) is 0 Å². The summed E-state index contributed by atoms with van der Waals surface area (Å²) >= 11 is 5.16. The second-order valence-electron chi connectivity index (χ2n) is 5.63. The largest absolute Gasteiger partial charge is 0.308 e. The topological polar surface area (TPSA) is 24.9 Å². The molecular weight excluding hydrogens is 332 g/mol. The van der Waals surface area contributed by atoms with E-state index in [4.69, 9.17) is 0 Å². The van der Waals surface area contributed by atoms with Crippen molar-refractivity contribution in [2.75, 3.05) is 0 Å². The Bertz CT molecular complexity index is 561. The Labute approximate surface area is 133 Å². The lowest BCUT2D eigenvalue weighted by molar-refractivity contribution is 0.422. The van der Waals surface area contributed by atoms with Crippen LogP contribution in [0.25, 0.3) is 0 Å². The van der Waals surface area contributed by atoms with Crippen LogP contribution in [0, 0.1) is 0 Å². The first-order valence-electron chi connectivity index (χ1n) is 6.56. The van der Waals surface area contributed by atoms with Crippen molar-refractivity contribution < 1.29 is 0 Å². The molecule has 106 valence electrons. The molecule has 0 aliphatic heterocycles. The molecule has 4 heteroatoms. The molecule has 0 radical (unpaired) electrons. The summed E-state index contributed by atoms with van der Waals surface area (Å²) in [4.78, 5) is 5.71. The fourth-order valence-corrected chi connectivity index (χ4v) is 2.77. The molecule has 1 N–H and O–H groups in total. The summed E-state index contributed by atoms with van der Waals surface area (Å²) < 4.78 is 1.09. The molecule has 0 aliphatic rings. The Morgan fingerprint density at radius 2 is 1.85 bits per heavy atom. The number of aromatic nitrogens is 1. The van der Waals surface area contributed by atoms with E-state index in [1.165, 1.54) is 10.5 Å². The molecule has 1 heterocycles. The molecule has 0 amide bonds. The molecule has 0 bridgehead atoms. The number of nitrogens with one attached hydrogen (secondary N) is 1. The number of hydrogen-bond donors (Lipinski definition) is 1. The minimum Gasteiger partial charge on any atom is -0.308 e. The Balaban J connectivity index is 2.13. The molecule has 2 aromatic rings. The van der Waals surface area contributed by atoms with Gasteiger partial charge >= 0.3 is 0 Å². The second-order valence-corrected chi connectivity index (χ2v) is 7.61. The van der Waals surface area contributed by atoms with Crippen LogP contribution in [-0.4, -0.2) is 10.5 Å². The Morgan fingerprint density at radius 1 is 1.15 bits per heavy atom. The van der Waals surface area contributed by atoms with E-state index in [1.54, 1.807) is 11.8 Å². The number of rotatable bonds is 4. The molecule has 1 aromatic heterocycles. The zero-order chi connectivity index (χ0) is 14.6. The van der Waals surface area contributed by atoms with Crippen molar-refractivity contribution in [1.29, 1.82) is 0 Å². The average Bonchev–Trinajstić information content (AvgIpc) is 2.39. The van der Waals surface area contributed by atoms with Crippen LogP contribution in [0.3, 0.4) is 0 Å². The lowest BCUT2D eigenvalue weighted by Gasteiger charge is -2.21. The van der Waals surface area contributed by atoms with Crippen LogP contribution in [0.1, 0.15) is 26.3 Å². The first kappa shape index (κ1) is 15.5. The number of hydrogen-bond acceptors (Lipinski definition) is 3. The predicted molar refractivity (Wildman–Crippen MR) is 89.1 cm³/mol. The van der Waals surface area contributed by atoms with Gasteiger partial charge in [-0.2, -0.15) is 0 Å². The quantitative estimate of drug-likeness (QED) is 0.850. The highest BCUT2D eigenvalue weighted by atomic mass is 79.9. The number of pyridine rings is 1. The van der Waals surface area contributed by atoms with Gasteiger partial charge in [0, 0.05) is 27.6 Å². The molecule has 0 atom stereocenters.